The molecular weight excluding hydrogens is 102 g/mol. The van der Waals surface area contributed by atoms with Crippen molar-refractivity contribution in [3.63, 3.8) is 0 Å². The molecule has 0 saturated carbocycles. The van der Waals surface area contributed by atoms with E-state index in [1.54, 1.807) is 6.20 Å². The highest BCUT2D eigenvalue weighted by atomic mass is 14.8. The molecule has 0 unspecified atom stereocenters. The molecule has 0 atom stereocenters. The molecule has 0 bridgehead atoms. The SMILES string of the molecule is NC=CNCCCN. The molecule has 0 radical (unpaired) electrons. The minimum Gasteiger partial charge on any atom is -0.403 e. The van der Waals surface area contributed by atoms with Crippen molar-refractivity contribution in [1.29, 1.82) is 0 Å². The van der Waals surface area contributed by atoms with Crippen molar-refractivity contribution in [1.82, 2.24) is 5.32 Å². The van der Waals surface area contributed by atoms with Crippen molar-refractivity contribution >= 4 is 0 Å². The Morgan fingerprint density at radius 2 is 2.25 bits per heavy atom. The van der Waals surface area contributed by atoms with Crippen molar-refractivity contribution in [2.75, 3.05) is 13.1 Å². The molecule has 3 heteroatoms. The number of rotatable bonds is 4. The van der Waals surface area contributed by atoms with Gasteiger partial charge >= 0.3 is 0 Å². The standard InChI is InChI=1S/C5H13N3/c6-2-1-4-8-5-3-7/h3,5,8H,1-2,4,6-7H2. The Kier molecular flexibility index (Phi) is 5.75. The molecule has 0 aromatic carbocycles. The van der Waals surface area contributed by atoms with Crippen LogP contribution in [-0.4, -0.2) is 13.1 Å². The lowest BCUT2D eigenvalue weighted by molar-refractivity contribution is 0.760. The van der Waals surface area contributed by atoms with Gasteiger partial charge in [-0.1, -0.05) is 0 Å². The summed E-state index contributed by atoms with van der Waals surface area (Å²) in [6.07, 6.45) is 4.16. The summed E-state index contributed by atoms with van der Waals surface area (Å²) >= 11 is 0. The molecule has 8 heavy (non-hydrogen) atoms. The smallest absolute Gasteiger partial charge is 0.0153 e. The van der Waals surface area contributed by atoms with Crippen molar-refractivity contribution in [2.45, 2.75) is 6.42 Å². The molecule has 0 aliphatic carbocycles. The van der Waals surface area contributed by atoms with E-state index in [1.807, 2.05) is 0 Å². The summed E-state index contributed by atoms with van der Waals surface area (Å²) in [6, 6.07) is 0. The van der Waals surface area contributed by atoms with E-state index in [2.05, 4.69) is 5.32 Å². The Hall–Kier alpha value is -0.700. The number of nitrogens with one attached hydrogen (secondary N) is 1. The number of hydrogen-bond donors (Lipinski definition) is 3. The fourth-order valence-electron chi connectivity index (χ4n) is 0.355. The summed E-state index contributed by atoms with van der Waals surface area (Å²) in [5, 5.41) is 2.95. The molecule has 48 valence electrons. The van der Waals surface area contributed by atoms with Crippen LogP contribution in [0, 0.1) is 0 Å². The molecule has 0 aliphatic rings. The quantitative estimate of drug-likeness (QED) is 0.427. The second kappa shape index (κ2) is 6.30. The van der Waals surface area contributed by atoms with Crippen molar-refractivity contribution in [3.05, 3.63) is 12.4 Å². The lowest BCUT2D eigenvalue weighted by Crippen LogP contribution is -2.12. The minimum absolute atomic E-state index is 0.728. The van der Waals surface area contributed by atoms with Crippen molar-refractivity contribution in [2.24, 2.45) is 11.5 Å². The zero-order chi connectivity index (χ0) is 6.24. The normalized spacial score (nSPS) is 10.1. The average Bonchev–Trinajstić information content (AvgIpc) is 1.81. The first-order valence-electron chi connectivity index (χ1n) is 2.72. The molecule has 0 spiro atoms. The molecule has 0 heterocycles. The first kappa shape index (κ1) is 7.30. The van der Waals surface area contributed by atoms with Gasteiger partial charge < -0.3 is 16.8 Å². The van der Waals surface area contributed by atoms with Gasteiger partial charge in [0.15, 0.2) is 0 Å². The summed E-state index contributed by atoms with van der Waals surface area (Å²) < 4.78 is 0. The molecule has 0 fully saturated rings. The second-order valence-corrected chi connectivity index (χ2v) is 1.46. The maximum Gasteiger partial charge on any atom is 0.0153 e. The zero-order valence-electron chi connectivity index (χ0n) is 4.93. The second-order valence-electron chi connectivity index (χ2n) is 1.46. The molecule has 0 amide bonds. The van der Waals surface area contributed by atoms with Gasteiger partial charge in [-0.2, -0.15) is 0 Å². The van der Waals surface area contributed by atoms with Gasteiger partial charge in [-0.25, -0.2) is 0 Å². The highest BCUT2D eigenvalue weighted by Gasteiger charge is 1.75. The molecule has 0 aromatic rings. The lowest BCUT2D eigenvalue weighted by Gasteiger charge is -1.94. The van der Waals surface area contributed by atoms with Gasteiger partial charge in [-0.3, -0.25) is 0 Å². The number of nitrogens with two attached hydrogens (primary N) is 2. The van der Waals surface area contributed by atoms with Crippen molar-refractivity contribution < 1.29 is 0 Å². The Bertz CT molecular complexity index is 60.7. The molecule has 3 nitrogen and oxygen atoms in total. The average molecular weight is 115 g/mol. The van der Waals surface area contributed by atoms with E-state index in [4.69, 9.17) is 11.5 Å². The number of hydrogen-bond acceptors (Lipinski definition) is 3. The predicted octanol–water partition coefficient (Wildman–Crippen LogP) is -0.645. The Morgan fingerprint density at radius 3 is 2.75 bits per heavy atom. The van der Waals surface area contributed by atoms with Gasteiger partial charge in [-0.15, -0.1) is 0 Å². The van der Waals surface area contributed by atoms with Gasteiger partial charge in [0.05, 0.1) is 0 Å². The maximum atomic E-state index is 5.22. The highest BCUT2D eigenvalue weighted by Crippen LogP contribution is 1.67. The van der Waals surface area contributed by atoms with Crippen LogP contribution in [0.5, 0.6) is 0 Å². The maximum absolute atomic E-state index is 5.22. The summed E-state index contributed by atoms with van der Waals surface area (Å²) in [5.41, 5.74) is 10.3. The van der Waals surface area contributed by atoms with E-state index in [-0.39, 0.29) is 0 Å². The van der Waals surface area contributed by atoms with E-state index in [1.165, 1.54) is 6.20 Å². The van der Waals surface area contributed by atoms with E-state index < -0.39 is 0 Å². The minimum atomic E-state index is 0.728. The van der Waals surface area contributed by atoms with Gasteiger partial charge in [0, 0.05) is 18.9 Å². The van der Waals surface area contributed by atoms with E-state index in [0.717, 1.165) is 19.5 Å². The summed E-state index contributed by atoms with van der Waals surface area (Å²) in [4.78, 5) is 0. The van der Waals surface area contributed by atoms with Crippen LogP contribution in [0.3, 0.4) is 0 Å². The molecule has 0 aromatic heterocycles. The molecule has 0 saturated heterocycles. The van der Waals surface area contributed by atoms with Gasteiger partial charge in [-0.05, 0) is 13.0 Å². The Labute approximate surface area is 49.7 Å². The first-order valence-corrected chi connectivity index (χ1v) is 2.72. The monoisotopic (exact) mass is 115 g/mol. The van der Waals surface area contributed by atoms with Crippen LogP contribution in [0.25, 0.3) is 0 Å². The fourth-order valence-corrected chi connectivity index (χ4v) is 0.355. The molecule has 0 aliphatic heterocycles. The third kappa shape index (κ3) is 5.30. The van der Waals surface area contributed by atoms with Crippen LogP contribution < -0.4 is 16.8 Å². The van der Waals surface area contributed by atoms with Crippen LogP contribution in [0.2, 0.25) is 0 Å². The molecular formula is C5H13N3. The zero-order valence-corrected chi connectivity index (χ0v) is 4.93. The van der Waals surface area contributed by atoms with Crippen LogP contribution in [-0.2, 0) is 0 Å². The van der Waals surface area contributed by atoms with E-state index in [9.17, 15) is 0 Å². The molecule has 0 rings (SSSR count). The van der Waals surface area contributed by atoms with Crippen LogP contribution >= 0.6 is 0 Å². The lowest BCUT2D eigenvalue weighted by atomic mass is 10.4. The van der Waals surface area contributed by atoms with Crippen LogP contribution in [0.4, 0.5) is 0 Å². The van der Waals surface area contributed by atoms with Crippen LogP contribution in [0.1, 0.15) is 6.42 Å². The van der Waals surface area contributed by atoms with Gasteiger partial charge in [0.25, 0.3) is 0 Å². The van der Waals surface area contributed by atoms with E-state index >= 15 is 0 Å². The Morgan fingerprint density at radius 1 is 1.50 bits per heavy atom. The summed E-state index contributed by atoms with van der Waals surface area (Å²) in [6.45, 7) is 1.63. The van der Waals surface area contributed by atoms with Crippen LogP contribution in [0.15, 0.2) is 12.4 Å². The van der Waals surface area contributed by atoms with Gasteiger partial charge in [0.1, 0.15) is 0 Å². The third-order valence-corrected chi connectivity index (χ3v) is 0.739. The highest BCUT2D eigenvalue weighted by molar-refractivity contribution is 4.71. The first-order chi connectivity index (χ1) is 3.91. The third-order valence-electron chi connectivity index (χ3n) is 0.739. The Balaban J connectivity index is 2.72. The predicted molar refractivity (Wildman–Crippen MR) is 35.0 cm³/mol. The van der Waals surface area contributed by atoms with Gasteiger partial charge in [0.2, 0.25) is 0 Å². The summed E-state index contributed by atoms with van der Waals surface area (Å²) in [7, 11) is 0. The topological polar surface area (TPSA) is 64.1 Å². The van der Waals surface area contributed by atoms with Crippen molar-refractivity contribution in [3.8, 4) is 0 Å². The fraction of sp³-hybridized carbons (Fsp3) is 0.600. The largest absolute Gasteiger partial charge is 0.403 e. The summed E-state index contributed by atoms with van der Waals surface area (Å²) in [5.74, 6) is 0. The molecule has 5 N–H and O–H groups in total. The van der Waals surface area contributed by atoms with E-state index in [0.29, 0.717) is 0 Å².